The average Bonchev–Trinajstić information content (AvgIpc) is 3.32. The lowest BCUT2D eigenvalue weighted by atomic mass is 10.2. The van der Waals surface area contributed by atoms with Crippen LogP contribution in [-0.4, -0.2) is 64.7 Å². The van der Waals surface area contributed by atoms with Crippen LogP contribution in [-0.2, 0) is 4.74 Å². The molecule has 1 aliphatic rings. The molecule has 4 rings (SSSR count). The summed E-state index contributed by atoms with van der Waals surface area (Å²) in [4.78, 5) is 27.7. The molecule has 0 bridgehead atoms. The Morgan fingerprint density at radius 1 is 1.26 bits per heavy atom. The summed E-state index contributed by atoms with van der Waals surface area (Å²) in [5.74, 6) is 1.48. The van der Waals surface area contributed by atoms with Crippen molar-refractivity contribution in [2.45, 2.75) is 12.1 Å². The molecule has 0 aromatic carbocycles. The second kappa shape index (κ2) is 7.20. The molecule has 1 saturated heterocycles. The number of anilines is 2. The number of fused-ring (bicyclic) bond motifs is 1. The van der Waals surface area contributed by atoms with Crippen LogP contribution in [0, 0.1) is 0 Å². The first-order valence-corrected chi connectivity index (χ1v) is 8.71. The van der Waals surface area contributed by atoms with E-state index in [1.54, 1.807) is 31.0 Å². The van der Waals surface area contributed by atoms with Gasteiger partial charge in [-0.25, -0.2) is 9.97 Å². The summed E-state index contributed by atoms with van der Waals surface area (Å²) >= 11 is 0. The highest BCUT2D eigenvalue weighted by molar-refractivity contribution is 5.92. The molecule has 1 fully saturated rings. The van der Waals surface area contributed by atoms with Crippen molar-refractivity contribution in [2.75, 3.05) is 37.5 Å². The summed E-state index contributed by atoms with van der Waals surface area (Å²) < 4.78 is 7.37. The quantitative estimate of drug-likeness (QED) is 0.688. The third kappa shape index (κ3) is 3.28. The van der Waals surface area contributed by atoms with Crippen molar-refractivity contribution in [1.29, 1.82) is 0 Å². The van der Waals surface area contributed by atoms with Crippen molar-refractivity contribution >= 4 is 23.2 Å². The number of imidazole rings is 1. The number of hydrogen-bond acceptors (Lipinski definition) is 7. The topological polar surface area (TPSA) is 96.7 Å². The van der Waals surface area contributed by atoms with E-state index < -0.39 is 0 Å². The van der Waals surface area contributed by atoms with E-state index in [9.17, 15) is 4.79 Å². The fraction of sp³-hybridized carbons (Fsp3) is 0.333. The number of amides is 1. The normalized spacial score (nSPS) is 19.4. The Kier molecular flexibility index (Phi) is 4.59. The molecular weight excluding hydrogens is 346 g/mol. The summed E-state index contributed by atoms with van der Waals surface area (Å²) in [6.45, 7) is 1.22. The molecule has 1 amide bonds. The lowest BCUT2D eigenvalue weighted by Crippen LogP contribution is -2.44. The second-order valence-corrected chi connectivity index (χ2v) is 6.32. The predicted octanol–water partition coefficient (Wildman–Crippen LogP) is 0.800. The number of pyridine rings is 1. The molecule has 1 aliphatic heterocycles. The molecule has 3 aromatic rings. The molecule has 3 aromatic heterocycles. The minimum absolute atomic E-state index is 0.145. The van der Waals surface area contributed by atoms with Crippen molar-refractivity contribution < 1.29 is 9.53 Å². The Balaban J connectivity index is 1.51. The SMILES string of the molecule is CNc1nccc(N2C[C@H](OC)[C@H](NC(=O)c3ncc4ccccn34)C2)n1. The number of methoxy groups -OCH3 is 1. The summed E-state index contributed by atoms with van der Waals surface area (Å²) in [7, 11) is 3.43. The third-order valence-electron chi connectivity index (χ3n) is 4.72. The molecule has 9 heteroatoms. The Labute approximate surface area is 156 Å². The largest absolute Gasteiger partial charge is 0.377 e. The predicted molar refractivity (Wildman–Crippen MR) is 101 cm³/mol. The van der Waals surface area contributed by atoms with Gasteiger partial charge in [-0.15, -0.1) is 0 Å². The van der Waals surface area contributed by atoms with Crippen LogP contribution in [0.25, 0.3) is 5.52 Å². The number of carbonyl (C=O) groups is 1. The number of hydrogen-bond donors (Lipinski definition) is 2. The molecule has 9 nitrogen and oxygen atoms in total. The van der Waals surface area contributed by atoms with E-state index in [-0.39, 0.29) is 18.1 Å². The van der Waals surface area contributed by atoms with Gasteiger partial charge in [0.05, 0.1) is 23.9 Å². The van der Waals surface area contributed by atoms with Gasteiger partial charge in [0.1, 0.15) is 5.82 Å². The molecule has 0 saturated carbocycles. The molecule has 2 atom stereocenters. The average molecular weight is 367 g/mol. The highest BCUT2D eigenvalue weighted by atomic mass is 16.5. The fourth-order valence-electron chi connectivity index (χ4n) is 3.33. The van der Waals surface area contributed by atoms with Gasteiger partial charge in [0.2, 0.25) is 11.8 Å². The smallest absolute Gasteiger partial charge is 0.288 e. The van der Waals surface area contributed by atoms with Crippen LogP contribution < -0.4 is 15.5 Å². The highest BCUT2D eigenvalue weighted by Gasteiger charge is 2.35. The van der Waals surface area contributed by atoms with Crippen LogP contribution >= 0.6 is 0 Å². The van der Waals surface area contributed by atoms with Gasteiger partial charge in [0, 0.05) is 39.6 Å². The highest BCUT2D eigenvalue weighted by Crippen LogP contribution is 2.21. The van der Waals surface area contributed by atoms with Gasteiger partial charge >= 0.3 is 0 Å². The van der Waals surface area contributed by atoms with E-state index in [2.05, 4.69) is 30.5 Å². The zero-order chi connectivity index (χ0) is 18.8. The van der Waals surface area contributed by atoms with Gasteiger partial charge in [-0.3, -0.25) is 9.20 Å². The fourth-order valence-corrected chi connectivity index (χ4v) is 3.33. The third-order valence-corrected chi connectivity index (χ3v) is 4.72. The molecule has 27 heavy (non-hydrogen) atoms. The van der Waals surface area contributed by atoms with E-state index in [1.165, 1.54) is 0 Å². The Morgan fingerprint density at radius 3 is 2.96 bits per heavy atom. The van der Waals surface area contributed by atoms with Crippen molar-refractivity contribution in [2.24, 2.45) is 0 Å². The number of aromatic nitrogens is 4. The van der Waals surface area contributed by atoms with Crippen LogP contribution in [0.1, 0.15) is 10.6 Å². The van der Waals surface area contributed by atoms with E-state index >= 15 is 0 Å². The molecule has 4 heterocycles. The van der Waals surface area contributed by atoms with Gasteiger partial charge in [0.15, 0.2) is 0 Å². The van der Waals surface area contributed by atoms with Crippen LogP contribution in [0.3, 0.4) is 0 Å². The van der Waals surface area contributed by atoms with Gasteiger partial charge in [0.25, 0.3) is 5.91 Å². The zero-order valence-corrected chi connectivity index (χ0v) is 15.2. The molecule has 0 aliphatic carbocycles. The number of ether oxygens (including phenoxy) is 1. The van der Waals surface area contributed by atoms with Crippen molar-refractivity contribution in [3.63, 3.8) is 0 Å². The maximum atomic E-state index is 12.8. The Bertz CT molecular complexity index is 958. The number of nitrogens with zero attached hydrogens (tertiary/aromatic N) is 5. The summed E-state index contributed by atoms with van der Waals surface area (Å²) in [5, 5.41) is 5.99. The molecule has 0 unspecified atom stereocenters. The van der Waals surface area contributed by atoms with E-state index in [0.717, 1.165) is 11.3 Å². The first kappa shape index (κ1) is 17.2. The number of nitrogens with one attached hydrogen (secondary N) is 2. The van der Waals surface area contributed by atoms with Crippen LogP contribution in [0.5, 0.6) is 0 Å². The lowest BCUT2D eigenvalue weighted by molar-refractivity contribution is 0.0774. The molecule has 0 radical (unpaired) electrons. The van der Waals surface area contributed by atoms with E-state index in [4.69, 9.17) is 4.74 Å². The van der Waals surface area contributed by atoms with Gasteiger partial charge in [-0.1, -0.05) is 6.07 Å². The van der Waals surface area contributed by atoms with Crippen LogP contribution in [0.4, 0.5) is 11.8 Å². The molecule has 0 spiro atoms. The monoisotopic (exact) mass is 367 g/mol. The standard InChI is InChI=1S/C18H21N7O2/c1-19-18-20-7-6-15(23-18)24-10-13(14(11-24)27-2)22-17(26)16-21-9-12-5-3-4-8-25(12)16/h3-9,13-14H,10-11H2,1-2H3,(H,22,26)(H,19,20,23)/t13-,14+/m1/s1. The summed E-state index contributed by atoms with van der Waals surface area (Å²) in [6, 6.07) is 7.37. The zero-order valence-electron chi connectivity index (χ0n) is 15.2. The molecular formula is C18H21N7O2. The number of carbonyl (C=O) groups excluding carboxylic acids is 1. The summed E-state index contributed by atoms with van der Waals surface area (Å²) in [6.07, 6.45) is 5.07. The first-order valence-electron chi connectivity index (χ1n) is 8.71. The second-order valence-electron chi connectivity index (χ2n) is 6.32. The van der Waals surface area contributed by atoms with Crippen LogP contribution in [0.15, 0.2) is 42.9 Å². The Hall–Kier alpha value is -3.20. The van der Waals surface area contributed by atoms with Crippen molar-refractivity contribution in [3.05, 3.63) is 48.7 Å². The van der Waals surface area contributed by atoms with E-state index in [1.807, 2.05) is 30.5 Å². The maximum Gasteiger partial charge on any atom is 0.288 e. The van der Waals surface area contributed by atoms with Crippen LogP contribution in [0.2, 0.25) is 0 Å². The molecule has 2 N–H and O–H groups in total. The molecule has 140 valence electrons. The van der Waals surface area contributed by atoms with Crippen molar-refractivity contribution in [1.82, 2.24) is 24.7 Å². The number of rotatable bonds is 5. The minimum atomic E-state index is -0.228. The lowest BCUT2D eigenvalue weighted by Gasteiger charge is -2.18. The maximum absolute atomic E-state index is 12.8. The Morgan fingerprint density at radius 2 is 2.15 bits per heavy atom. The summed E-state index contributed by atoms with van der Waals surface area (Å²) in [5.41, 5.74) is 0.875. The minimum Gasteiger partial charge on any atom is -0.377 e. The van der Waals surface area contributed by atoms with Crippen molar-refractivity contribution in [3.8, 4) is 0 Å². The first-order chi connectivity index (χ1) is 13.2. The van der Waals surface area contributed by atoms with Gasteiger partial charge in [-0.2, -0.15) is 4.98 Å². The van der Waals surface area contributed by atoms with Gasteiger partial charge in [-0.05, 0) is 18.2 Å². The van der Waals surface area contributed by atoms with E-state index in [0.29, 0.717) is 24.9 Å². The van der Waals surface area contributed by atoms with Gasteiger partial charge < -0.3 is 20.3 Å².